The number of para-hydroxylation sites is 1. The molecule has 0 unspecified atom stereocenters. The quantitative estimate of drug-likeness (QED) is 0.424. The van der Waals surface area contributed by atoms with E-state index in [2.05, 4.69) is 15.1 Å². The molecule has 5 rings (SSSR count). The van der Waals surface area contributed by atoms with Gasteiger partial charge >= 0.3 is 35.5 Å². The van der Waals surface area contributed by atoms with Crippen molar-refractivity contribution in [3.05, 3.63) is 36.4 Å². The Kier molecular flexibility index (Phi) is 5.92. The first-order valence-corrected chi connectivity index (χ1v) is 9.94. The van der Waals surface area contributed by atoms with Crippen LogP contribution < -0.4 is 10.5 Å². The number of aromatic amines is 1. The van der Waals surface area contributed by atoms with E-state index < -0.39 is 5.97 Å². The Balaban J connectivity index is 0.00000231. The molecule has 3 heterocycles. The molecular weight excluding hydrogens is 407 g/mol. The van der Waals surface area contributed by atoms with Gasteiger partial charge in [-0.05, 0) is 37.8 Å². The Morgan fingerprint density at radius 3 is 2.77 bits per heavy atom. The zero-order valence-corrected chi connectivity index (χ0v) is 16.5. The van der Waals surface area contributed by atoms with Crippen LogP contribution in [0.4, 0.5) is 5.82 Å². The van der Waals surface area contributed by atoms with Crippen molar-refractivity contribution in [3.8, 4) is 17.1 Å². The number of imidazole rings is 1. The van der Waals surface area contributed by atoms with Crippen molar-refractivity contribution < 1.29 is 14.6 Å². The molecule has 0 atom stereocenters. The van der Waals surface area contributed by atoms with Crippen LogP contribution in [-0.2, 0) is 4.79 Å². The number of carboxylic acid groups (broad SMARTS) is 1. The maximum absolute atomic E-state index is 11.3. The van der Waals surface area contributed by atoms with Crippen LogP contribution >= 0.6 is 0 Å². The number of methoxy groups -OCH3 is 1. The fraction of sp³-hybridized carbons (Fsp3) is 0.333. The number of aromatic nitrogens is 5. The molecule has 0 saturated heterocycles. The van der Waals surface area contributed by atoms with Crippen LogP contribution in [0.25, 0.3) is 27.8 Å². The van der Waals surface area contributed by atoms with Crippen molar-refractivity contribution in [2.75, 3.05) is 12.8 Å². The molecule has 1 saturated carbocycles. The van der Waals surface area contributed by atoms with Crippen LogP contribution in [0.5, 0.6) is 5.75 Å². The molecule has 0 radical (unpaired) electrons. The van der Waals surface area contributed by atoms with Crippen molar-refractivity contribution in [2.24, 2.45) is 5.92 Å². The summed E-state index contributed by atoms with van der Waals surface area (Å²) < 4.78 is 7.22. The summed E-state index contributed by atoms with van der Waals surface area (Å²) in [5.74, 6) is 1.01. The summed E-state index contributed by atoms with van der Waals surface area (Å²) in [7, 11) is 1.64. The standard InChI is InChI=1S/C21H22N6O3.Na.H/c1-30-15-4-2-3-13-9-14(25-16(13)15)17-18-19(22)23-10-24-27(18)20(26-17)11-5-7-12(8-6-11)21(28)29;;/h2-4,9-12,25H,5-8H2,1H3,(H,28,29)(H2,22,23,24);;. The summed E-state index contributed by atoms with van der Waals surface area (Å²) in [6, 6.07) is 7.85. The van der Waals surface area contributed by atoms with Gasteiger partial charge in [-0.2, -0.15) is 5.10 Å². The number of benzene rings is 1. The van der Waals surface area contributed by atoms with Gasteiger partial charge in [0.2, 0.25) is 0 Å². The Labute approximate surface area is 200 Å². The summed E-state index contributed by atoms with van der Waals surface area (Å²) in [6.07, 6.45) is 4.19. The molecule has 9 nitrogen and oxygen atoms in total. The summed E-state index contributed by atoms with van der Waals surface area (Å²) in [6.45, 7) is 0. The third-order valence-electron chi connectivity index (χ3n) is 6.02. The number of nitrogen functional groups attached to an aromatic ring is 1. The van der Waals surface area contributed by atoms with E-state index in [9.17, 15) is 9.90 Å². The van der Waals surface area contributed by atoms with Crippen molar-refractivity contribution in [2.45, 2.75) is 31.6 Å². The molecule has 1 aromatic carbocycles. The molecule has 1 aliphatic rings. The van der Waals surface area contributed by atoms with E-state index in [1.807, 2.05) is 24.3 Å². The molecule has 0 bridgehead atoms. The summed E-state index contributed by atoms with van der Waals surface area (Å²) in [5, 5.41) is 14.7. The zero-order chi connectivity index (χ0) is 20.8. The number of hydrogen-bond donors (Lipinski definition) is 3. The Morgan fingerprint density at radius 2 is 2.06 bits per heavy atom. The SMILES string of the molecule is COc1cccc2cc(-c3nc(C4CCC(C(=O)O)CC4)n4ncnc(N)c34)[nH]c12.[NaH]. The van der Waals surface area contributed by atoms with Gasteiger partial charge in [0, 0.05) is 11.3 Å². The molecule has 31 heavy (non-hydrogen) atoms. The topological polar surface area (TPSA) is 131 Å². The molecule has 0 amide bonds. The number of fused-ring (bicyclic) bond motifs is 2. The van der Waals surface area contributed by atoms with Crippen LogP contribution in [-0.4, -0.2) is 72.3 Å². The monoisotopic (exact) mass is 430 g/mol. The molecule has 1 fully saturated rings. The normalized spacial score (nSPS) is 18.7. The third-order valence-corrected chi connectivity index (χ3v) is 6.02. The van der Waals surface area contributed by atoms with E-state index in [0.29, 0.717) is 29.9 Å². The van der Waals surface area contributed by atoms with Crippen molar-refractivity contribution >= 4 is 57.8 Å². The molecule has 0 spiro atoms. The molecule has 10 heteroatoms. The second-order valence-electron chi connectivity index (χ2n) is 7.72. The number of rotatable bonds is 4. The maximum atomic E-state index is 11.3. The van der Waals surface area contributed by atoms with Crippen molar-refractivity contribution in [1.29, 1.82) is 0 Å². The number of nitrogens with one attached hydrogen (secondary N) is 1. The van der Waals surface area contributed by atoms with Crippen LogP contribution in [0.2, 0.25) is 0 Å². The number of H-pyrrole nitrogens is 1. The Morgan fingerprint density at radius 1 is 1.29 bits per heavy atom. The van der Waals surface area contributed by atoms with Gasteiger partial charge in [0.15, 0.2) is 5.82 Å². The van der Waals surface area contributed by atoms with E-state index >= 15 is 0 Å². The van der Waals surface area contributed by atoms with E-state index in [-0.39, 0.29) is 41.4 Å². The molecule has 0 aliphatic heterocycles. The van der Waals surface area contributed by atoms with E-state index in [0.717, 1.165) is 41.0 Å². The number of hydrogen-bond acceptors (Lipinski definition) is 6. The average Bonchev–Trinajstić information content (AvgIpc) is 3.36. The van der Waals surface area contributed by atoms with Gasteiger partial charge < -0.3 is 20.6 Å². The number of anilines is 1. The molecule has 4 N–H and O–H groups in total. The summed E-state index contributed by atoms with van der Waals surface area (Å²) in [5.41, 5.74) is 9.24. The van der Waals surface area contributed by atoms with Gasteiger partial charge in [-0.15, -0.1) is 0 Å². The molecule has 4 aromatic rings. The fourth-order valence-corrected chi connectivity index (χ4v) is 4.45. The number of ether oxygens (including phenoxy) is 1. The van der Waals surface area contributed by atoms with Crippen LogP contribution in [0.15, 0.2) is 30.6 Å². The number of nitrogens with two attached hydrogens (primary N) is 1. The number of carbonyl (C=O) groups is 1. The predicted octanol–water partition coefficient (Wildman–Crippen LogP) is 2.57. The van der Waals surface area contributed by atoms with Gasteiger partial charge in [0.05, 0.1) is 24.2 Å². The first-order valence-electron chi connectivity index (χ1n) is 9.94. The summed E-state index contributed by atoms with van der Waals surface area (Å²) in [4.78, 5) is 23.8. The van der Waals surface area contributed by atoms with E-state index in [1.165, 1.54) is 6.33 Å². The molecule has 156 valence electrons. The number of aliphatic carboxylic acids is 1. The zero-order valence-electron chi connectivity index (χ0n) is 16.5. The Bertz CT molecular complexity index is 1260. The van der Waals surface area contributed by atoms with Gasteiger partial charge in [-0.25, -0.2) is 14.5 Å². The average molecular weight is 430 g/mol. The summed E-state index contributed by atoms with van der Waals surface area (Å²) >= 11 is 0. The van der Waals surface area contributed by atoms with Gasteiger partial charge in [-0.1, -0.05) is 12.1 Å². The van der Waals surface area contributed by atoms with Crippen molar-refractivity contribution in [1.82, 2.24) is 24.6 Å². The van der Waals surface area contributed by atoms with Crippen LogP contribution in [0.3, 0.4) is 0 Å². The van der Waals surface area contributed by atoms with E-state index in [4.69, 9.17) is 15.5 Å². The first kappa shape index (κ1) is 21.6. The Hall–Kier alpha value is -2.62. The van der Waals surface area contributed by atoms with Crippen molar-refractivity contribution in [3.63, 3.8) is 0 Å². The number of nitrogens with zero attached hydrogens (tertiary/aromatic N) is 4. The van der Waals surface area contributed by atoms with Crippen LogP contribution in [0, 0.1) is 5.92 Å². The predicted molar refractivity (Wildman–Crippen MR) is 119 cm³/mol. The first-order chi connectivity index (χ1) is 14.6. The number of carboxylic acids is 1. The van der Waals surface area contributed by atoms with Gasteiger partial charge in [-0.3, -0.25) is 4.79 Å². The molecular formula is C21H23N6NaO3. The fourth-order valence-electron chi connectivity index (χ4n) is 4.45. The van der Waals surface area contributed by atoms with Gasteiger partial charge in [0.1, 0.15) is 29.1 Å². The van der Waals surface area contributed by atoms with Crippen LogP contribution in [0.1, 0.15) is 37.4 Å². The molecule has 1 aliphatic carbocycles. The molecule has 3 aromatic heterocycles. The minimum atomic E-state index is -0.722. The third kappa shape index (κ3) is 3.66. The second kappa shape index (κ2) is 8.49. The van der Waals surface area contributed by atoms with E-state index in [1.54, 1.807) is 11.6 Å². The second-order valence-corrected chi connectivity index (χ2v) is 7.72. The van der Waals surface area contributed by atoms with Gasteiger partial charge in [0.25, 0.3) is 0 Å². The minimum absolute atomic E-state index is 0.